The summed E-state index contributed by atoms with van der Waals surface area (Å²) in [6, 6.07) is 13.3. The standard InChI is InChI=1S/C18H20N2O3/c1-18(15-10-5-8-13-7-3-4-9-14(13)15)16(21)20(17(22)19-18)11-6-12-23-2/h3-5,7-10H,6,11-12H2,1-2H3,(H,19,22)/t18-/m0/s1. The monoisotopic (exact) mass is 312 g/mol. The van der Waals surface area contributed by atoms with Crippen LogP contribution < -0.4 is 5.32 Å². The van der Waals surface area contributed by atoms with Crippen LogP contribution in [-0.2, 0) is 15.1 Å². The maximum Gasteiger partial charge on any atom is 0.325 e. The molecule has 2 aromatic rings. The highest BCUT2D eigenvalue weighted by atomic mass is 16.5. The van der Waals surface area contributed by atoms with Crippen molar-refractivity contribution in [2.45, 2.75) is 18.9 Å². The van der Waals surface area contributed by atoms with Gasteiger partial charge in [-0.3, -0.25) is 9.69 Å². The number of urea groups is 1. The Bertz CT molecular complexity index is 754. The summed E-state index contributed by atoms with van der Waals surface area (Å²) in [6.45, 7) is 2.65. The quantitative estimate of drug-likeness (QED) is 0.682. The van der Waals surface area contributed by atoms with Crippen molar-refractivity contribution in [2.75, 3.05) is 20.3 Å². The van der Waals surface area contributed by atoms with Crippen molar-refractivity contribution in [1.29, 1.82) is 0 Å². The second kappa shape index (κ2) is 6.01. The third-order valence-electron chi connectivity index (χ3n) is 4.33. The van der Waals surface area contributed by atoms with Crippen molar-refractivity contribution in [3.8, 4) is 0 Å². The second-order valence-corrected chi connectivity index (χ2v) is 5.89. The van der Waals surface area contributed by atoms with E-state index < -0.39 is 5.54 Å². The molecule has 0 aromatic heterocycles. The summed E-state index contributed by atoms with van der Waals surface area (Å²) >= 11 is 0. The fraction of sp³-hybridized carbons (Fsp3) is 0.333. The number of hydrogen-bond donors (Lipinski definition) is 1. The lowest BCUT2D eigenvalue weighted by Crippen LogP contribution is -2.41. The van der Waals surface area contributed by atoms with Crippen molar-refractivity contribution in [1.82, 2.24) is 10.2 Å². The van der Waals surface area contributed by atoms with Crippen LogP contribution in [0.15, 0.2) is 42.5 Å². The minimum Gasteiger partial charge on any atom is -0.385 e. The molecule has 3 amide bonds. The number of methoxy groups -OCH3 is 1. The molecule has 0 unspecified atom stereocenters. The number of fused-ring (bicyclic) bond motifs is 1. The Hall–Kier alpha value is -2.40. The molecule has 3 rings (SSSR count). The summed E-state index contributed by atoms with van der Waals surface area (Å²) in [5.74, 6) is -0.213. The van der Waals surface area contributed by atoms with E-state index in [4.69, 9.17) is 4.74 Å². The number of nitrogens with one attached hydrogen (secondary N) is 1. The average molecular weight is 312 g/mol. The number of benzene rings is 2. The van der Waals surface area contributed by atoms with Crippen molar-refractivity contribution in [3.05, 3.63) is 48.0 Å². The van der Waals surface area contributed by atoms with Crippen LogP contribution in [0, 0.1) is 0 Å². The third-order valence-corrected chi connectivity index (χ3v) is 4.33. The molecule has 1 heterocycles. The van der Waals surface area contributed by atoms with Gasteiger partial charge in [-0.25, -0.2) is 4.79 Å². The van der Waals surface area contributed by atoms with Crippen LogP contribution in [0.1, 0.15) is 18.9 Å². The summed E-state index contributed by atoms with van der Waals surface area (Å²) in [5.41, 5.74) is -0.214. The van der Waals surface area contributed by atoms with Crippen molar-refractivity contribution in [3.63, 3.8) is 0 Å². The van der Waals surface area contributed by atoms with E-state index in [1.165, 1.54) is 4.90 Å². The van der Waals surface area contributed by atoms with Crippen LogP contribution >= 0.6 is 0 Å². The predicted octanol–water partition coefficient (Wildman–Crippen LogP) is 2.64. The van der Waals surface area contributed by atoms with Gasteiger partial charge >= 0.3 is 6.03 Å². The molecule has 120 valence electrons. The van der Waals surface area contributed by atoms with Gasteiger partial charge in [-0.15, -0.1) is 0 Å². The number of imide groups is 1. The lowest BCUT2D eigenvalue weighted by atomic mass is 9.88. The highest BCUT2D eigenvalue weighted by molar-refractivity contribution is 6.09. The lowest BCUT2D eigenvalue weighted by Gasteiger charge is -2.24. The zero-order valence-corrected chi connectivity index (χ0v) is 13.3. The fourth-order valence-corrected chi connectivity index (χ4v) is 3.11. The van der Waals surface area contributed by atoms with Crippen molar-refractivity contribution < 1.29 is 14.3 Å². The smallest absolute Gasteiger partial charge is 0.325 e. The number of amides is 3. The maximum absolute atomic E-state index is 12.9. The number of carbonyl (C=O) groups excluding carboxylic acids is 2. The zero-order valence-electron chi connectivity index (χ0n) is 13.3. The summed E-state index contributed by atoms with van der Waals surface area (Å²) < 4.78 is 5.00. The first kappa shape index (κ1) is 15.5. The Kier molecular flexibility index (Phi) is 4.05. The van der Waals surface area contributed by atoms with Gasteiger partial charge in [-0.2, -0.15) is 0 Å². The Morgan fingerprint density at radius 2 is 1.87 bits per heavy atom. The highest BCUT2D eigenvalue weighted by Crippen LogP contribution is 2.33. The van der Waals surface area contributed by atoms with Gasteiger partial charge in [0.15, 0.2) is 0 Å². The third kappa shape index (κ3) is 2.57. The van der Waals surface area contributed by atoms with Crippen LogP contribution in [0.3, 0.4) is 0 Å². The van der Waals surface area contributed by atoms with Crippen LogP contribution in [-0.4, -0.2) is 37.1 Å². The molecule has 1 aliphatic heterocycles. The molecule has 0 aliphatic carbocycles. The average Bonchev–Trinajstić information content (AvgIpc) is 2.78. The van der Waals surface area contributed by atoms with E-state index in [1.54, 1.807) is 14.0 Å². The largest absolute Gasteiger partial charge is 0.385 e. The van der Waals surface area contributed by atoms with E-state index >= 15 is 0 Å². The lowest BCUT2D eigenvalue weighted by molar-refractivity contribution is -0.131. The van der Waals surface area contributed by atoms with Crippen LogP contribution in [0.4, 0.5) is 4.79 Å². The molecule has 0 spiro atoms. The molecule has 5 heteroatoms. The first-order valence-corrected chi connectivity index (χ1v) is 7.69. The summed E-state index contributed by atoms with van der Waals surface area (Å²) in [6.07, 6.45) is 0.626. The molecule has 0 saturated carbocycles. The van der Waals surface area contributed by atoms with Gasteiger partial charge < -0.3 is 10.1 Å². The number of nitrogens with zero attached hydrogens (tertiary/aromatic N) is 1. The van der Waals surface area contributed by atoms with Gasteiger partial charge in [-0.1, -0.05) is 42.5 Å². The van der Waals surface area contributed by atoms with Gasteiger partial charge in [0, 0.05) is 20.3 Å². The fourth-order valence-electron chi connectivity index (χ4n) is 3.11. The number of carbonyl (C=O) groups is 2. The van der Waals surface area contributed by atoms with E-state index in [1.807, 2.05) is 42.5 Å². The van der Waals surface area contributed by atoms with E-state index in [0.29, 0.717) is 19.6 Å². The zero-order chi connectivity index (χ0) is 16.4. The van der Waals surface area contributed by atoms with Gasteiger partial charge in [0.1, 0.15) is 5.54 Å². The Morgan fingerprint density at radius 1 is 1.13 bits per heavy atom. The molecule has 2 aromatic carbocycles. The summed E-state index contributed by atoms with van der Waals surface area (Å²) in [5, 5.41) is 4.89. The molecule has 1 saturated heterocycles. The molecule has 0 bridgehead atoms. The molecular formula is C18H20N2O3. The number of rotatable bonds is 5. The molecule has 5 nitrogen and oxygen atoms in total. The van der Waals surface area contributed by atoms with Crippen molar-refractivity contribution in [2.24, 2.45) is 0 Å². The Morgan fingerprint density at radius 3 is 2.65 bits per heavy atom. The normalized spacial score (nSPS) is 21.0. The molecule has 1 N–H and O–H groups in total. The van der Waals surface area contributed by atoms with Gasteiger partial charge in [-0.05, 0) is 29.7 Å². The molecule has 0 radical (unpaired) electrons. The van der Waals surface area contributed by atoms with E-state index in [0.717, 1.165) is 16.3 Å². The Balaban J connectivity index is 1.98. The first-order valence-electron chi connectivity index (χ1n) is 7.69. The Labute approximate surface area is 135 Å². The molecule has 1 aliphatic rings. The molecule has 23 heavy (non-hydrogen) atoms. The predicted molar refractivity (Wildman–Crippen MR) is 88.0 cm³/mol. The second-order valence-electron chi connectivity index (χ2n) is 5.89. The summed E-state index contributed by atoms with van der Waals surface area (Å²) in [4.78, 5) is 26.4. The minimum atomic E-state index is -1.04. The highest BCUT2D eigenvalue weighted by Gasteiger charge is 2.49. The molecule has 1 fully saturated rings. The molecule has 1 atom stereocenters. The summed E-state index contributed by atoms with van der Waals surface area (Å²) in [7, 11) is 1.60. The maximum atomic E-state index is 12.9. The van der Waals surface area contributed by atoms with Crippen molar-refractivity contribution >= 4 is 22.7 Å². The van der Waals surface area contributed by atoms with Gasteiger partial charge in [0.2, 0.25) is 0 Å². The first-order chi connectivity index (χ1) is 11.1. The minimum absolute atomic E-state index is 0.213. The van der Waals surface area contributed by atoms with E-state index in [9.17, 15) is 9.59 Å². The number of ether oxygens (including phenoxy) is 1. The van der Waals surface area contributed by atoms with Gasteiger partial charge in [0.05, 0.1) is 0 Å². The molecular weight excluding hydrogens is 292 g/mol. The van der Waals surface area contributed by atoms with Crippen LogP contribution in [0.5, 0.6) is 0 Å². The topological polar surface area (TPSA) is 58.6 Å². The SMILES string of the molecule is COCCCN1C(=O)N[C@@](C)(c2cccc3ccccc23)C1=O. The van der Waals surface area contributed by atoms with E-state index in [2.05, 4.69) is 5.32 Å². The van der Waals surface area contributed by atoms with Crippen LogP contribution in [0.25, 0.3) is 10.8 Å². The number of hydrogen-bond acceptors (Lipinski definition) is 3. The van der Waals surface area contributed by atoms with E-state index in [-0.39, 0.29) is 11.9 Å². The van der Waals surface area contributed by atoms with Crippen LogP contribution in [0.2, 0.25) is 0 Å². The van der Waals surface area contributed by atoms with Gasteiger partial charge in [0.25, 0.3) is 5.91 Å².